The lowest BCUT2D eigenvalue weighted by molar-refractivity contribution is 0.377. The third kappa shape index (κ3) is 5.30. The molecule has 0 aromatic carbocycles. The summed E-state index contributed by atoms with van der Waals surface area (Å²) in [6.45, 7) is 3.13. The second kappa shape index (κ2) is 5.56. The molecule has 54 valence electrons. The lowest BCUT2D eigenvalue weighted by Crippen LogP contribution is -2.33. The van der Waals surface area contributed by atoms with Crippen LogP contribution in [0.2, 0.25) is 0 Å². The molecule has 0 saturated heterocycles. The number of hydrogen-bond acceptors (Lipinski definition) is 2. The van der Waals surface area contributed by atoms with Crippen LogP contribution in [-0.2, 0) is 0 Å². The van der Waals surface area contributed by atoms with Crippen LogP contribution >= 0.6 is 0 Å². The molecule has 0 fully saturated rings. The third-order valence-corrected chi connectivity index (χ3v) is 0.900. The summed E-state index contributed by atoms with van der Waals surface area (Å²) in [5, 5.41) is 1.85. The van der Waals surface area contributed by atoms with Gasteiger partial charge in [-0.05, 0) is 6.42 Å². The first-order chi connectivity index (χ1) is 4.31. The molecule has 0 aliphatic heterocycles. The van der Waals surface area contributed by atoms with Gasteiger partial charge in [0.1, 0.15) is 0 Å². The van der Waals surface area contributed by atoms with Gasteiger partial charge in [-0.15, -0.1) is 0 Å². The van der Waals surface area contributed by atoms with Gasteiger partial charge in [0, 0.05) is 20.6 Å². The third-order valence-electron chi connectivity index (χ3n) is 0.900. The minimum absolute atomic E-state index is 1.00. The monoisotopic (exact) mass is 129 g/mol. The maximum atomic E-state index is 3.83. The molecular formula is C6H15N3. The molecule has 0 aliphatic carbocycles. The van der Waals surface area contributed by atoms with Gasteiger partial charge in [-0.3, -0.25) is 4.99 Å². The van der Waals surface area contributed by atoms with Crippen molar-refractivity contribution in [3.05, 3.63) is 0 Å². The normalized spacial score (nSPS) is 10.6. The van der Waals surface area contributed by atoms with E-state index in [0.717, 1.165) is 13.0 Å². The predicted molar refractivity (Wildman–Crippen MR) is 40.5 cm³/mol. The fourth-order valence-electron chi connectivity index (χ4n) is 0.502. The van der Waals surface area contributed by atoms with Crippen molar-refractivity contribution in [3.8, 4) is 0 Å². The number of hydrazine groups is 1. The first-order valence-corrected chi connectivity index (χ1v) is 3.20. The Morgan fingerprint density at radius 1 is 1.67 bits per heavy atom. The van der Waals surface area contributed by atoms with Crippen LogP contribution in [0.3, 0.4) is 0 Å². The fourth-order valence-corrected chi connectivity index (χ4v) is 0.502. The number of hydrogen-bond donors (Lipinski definition) is 1. The van der Waals surface area contributed by atoms with Gasteiger partial charge in [0.05, 0.1) is 6.34 Å². The molecule has 0 unspecified atom stereocenters. The van der Waals surface area contributed by atoms with Crippen LogP contribution in [0.25, 0.3) is 0 Å². The molecule has 0 rings (SSSR count). The Kier molecular flexibility index (Phi) is 5.21. The highest BCUT2D eigenvalue weighted by Gasteiger charge is 1.84. The molecule has 9 heavy (non-hydrogen) atoms. The molecule has 0 bridgehead atoms. The molecule has 3 heteroatoms. The molecule has 1 N–H and O–H groups in total. The highest BCUT2D eigenvalue weighted by Crippen LogP contribution is 1.71. The first-order valence-electron chi connectivity index (χ1n) is 3.20. The van der Waals surface area contributed by atoms with E-state index >= 15 is 0 Å². The summed E-state index contributed by atoms with van der Waals surface area (Å²) in [5.74, 6) is 0. The molecule has 0 heterocycles. The largest absolute Gasteiger partial charge is 0.302 e. The van der Waals surface area contributed by atoms with Crippen LogP contribution in [0.5, 0.6) is 0 Å². The molecular weight excluding hydrogens is 114 g/mol. The maximum absolute atomic E-state index is 3.83. The second-order valence-corrected chi connectivity index (χ2v) is 1.89. The second-order valence-electron chi connectivity index (χ2n) is 1.89. The minimum atomic E-state index is 1.00. The molecule has 0 aromatic heterocycles. The van der Waals surface area contributed by atoms with Crippen molar-refractivity contribution in [1.29, 1.82) is 0 Å². The van der Waals surface area contributed by atoms with Crippen molar-refractivity contribution < 1.29 is 0 Å². The van der Waals surface area contributed by atoms with Crippen molar-refractivity contribution in [1.82, 2.24) is 10.4 Å². The molecule has 0 aromatic rings. The molecule has 0 saturated carbocycles. The summed E-state index contributed by atoms with van der Waals surface area (Å²) < 4.78 is 0. The van der Waals surface area contributed by atoms with Crippen molar-refractivity contribution >= 4 is 6.34 Å². The Balaban J connectivity index is 3.15. The van der Waals surface area contributed by atoms with Crippen molar-refractivity contribution in [2.75, 3.05) is 20.6 Å². The van der Waals surface area contributed by atoms with E-state index in [1.54, 1.807) is 13.4 Å². The summed E-state index contributed by atoms with van der Waals surface area (Å²) >= 11 is 0. The van der Waals surface area contributed by atoms with Gasteiger partial charge in [0.2, 0.25) is 0 Å². The van der Waals surface area contributed by atoms with E-state index in [-0.39, 0.29) is 0 Å². The number of aliphatic imine (C=N–C) groups is 1. The average molecular weight is 129 g/mol. The van der Waals surface area contributed by atoms with E-state index in [1.165, 1.54) is 0 Å². The van der Waals surface area contributed by atoms with Gasteiger partial charge in [-0.2, -0.15) is 0 Å². The Morgan fingerprint density at radius 3 is 2.78 bits per heavy atom. The van der Waals surface area contributed by atoms with E-state index in [4.69, 9.17) is 0 Å². The fraction of sp³-hybridized carbons (Fsp3) is 0.833. The van der Waals surface area contributed by atoms with Gasteiger partial charge in [0.15, 0.2) is 0 Å². The van der Waals surface area contributed by atoms with Crippen LogP contribution in [0.4, 0.5) is 0 Å². The van der Waals surface area contributed by atoms with Crippen LogP contribution < -0.4 is 5.43 Å². The lowest BCUT2D eigenvalue weighted by Gasteiger charge is -2.12. The molecule has 3 nitrogen and oxygen atoms in total. The van der Waals surface area contributed by atoms with Gasteiger partial charge in [-0.25, -0.2) is 5.43 Å². The number of nitrogens with one attached hydrogen (secondary N) is 1. The van der Waals surface area contributed by atoms with E-state index in [9.17, 15) is 0 Å². The SMILES string of the molecule is CCCNN(C)/C=N\C. The van der Waals surface area contributed by atoms with Crippen LogP contribution in [0.15, 0.2) is 4.99 Å². The molecule has 0 amide bonds. The van der Waals surface area contributed by atoms with Crippen molar-refractivity contribution in [2.24, 2.45) is 4.99 Å². The number of nitrogens with zero attached hydrogens (tertiary/aromatic N) is 2. The summed E-state index contributed by atoms with van der Waals surface area (Å²) in [4.78, 5) is 3.83. The van der Waals surface area contributed by atoms with E-state index < -0.39 is 0 Å². The van der Waals surface area contributed by atoms with Crippen molar-refractivity contribution in [3.63, 3.8) is 0 Å². The summed E-state index contributed by atoms with van der Waals surface area (Å²) in [5.41, 5.74) is 3.12. The zero-order chi connectivity index (χ0) is 7.11. The highest BCUT2D eigenvalue weighted by molar-refractivity contribution is 5.53. The minimum Gasteiger partial charge on any atom is -0.302 e. The Morgan fingerprint density at radius 2 is 2.33 bits per heavy atom. The smallest absolute Gasteiger partial charge is 0.0986 e. The van der Waals surface area contributed by atoms with E-state index in [2.05, 4.69) is 17.3 Å². The van der Waals surface area contributed by atoms with Crippen LogP contribution in [0.1, 0.15) is 13.3 Å². The predicted octanol–water partition coefficient (Wildman–Crippen LogP) is 0.491. The maximum Gasteiger partial charge on any atom is 0.0986 e. The summed E-state index contributed by atoms with van der Waals surface area (Å²) in [6, 6.07) is 0. The van der Waals surface area contributed by atoms with Crippen LogP contribution in [0, 0.1) is 0 Å². The Hall–Kier alpha value is -0.570. The molecule has 0 radical (unpaired) electrons. The number of rotatable bonds is 4. The summed E-state index contributed by atoms with van der Waals surface area (Å²) in [7, 11) is 3.69. The Labute approximate surface area is 56.7 Å². The molecule has 0 atom stereocenters. The average Bonchev–Trinajstić information content (AvgIpc) is 1.85. The van der Waals surface area contributed by atoms with E-state index in [0.29, 0.717) is 0 Å². The van der Waals surface area contributed by atoms with Crippen molar-refractivity contribution in [2.45, 2.75) is 13.3 Å². The summed E-state index contributed by atoms with van der Waals surface area (Å²) in [6.07, 6.45) is 2.89. The highest BCUT2D eigenvalue weighted by atomic mass is 15.5. The molecule has 0 aliphatic rings. The quantitative estimate of drug-likeness (QED) is 0.340. The zero-order valence-electron chi connectivity index (χ0n) is 6.39. The van der Waals surface area contributed by atoms with Gasteiger partial charge in [0.25, 0.3) is 0 Å². The standard InChI is InChI=1S/C6H15N3/c1-4-5-8-9(3)6-7-2/h6,8H,4-5H2,1-3H3/b7-6-. The van der Waals surface area contributed by atoms with Crippen LogP contribution in [-0.4, -0.2) is 32.0 Å². The van der Waals surface area contributed by atoms with Gasteiger partial charge >= 0.3 is 0 Å². The first kappa shape index (κ1) is 8.43. The Bertz CT molecular complexity index is 80.4. The topological polar surface area (TPSA) is 27.6 Å². The zero-order valence-corrected chi connectivity index (χ0v) is 6.39. The van der Waals surface area contributed by atoms with E-state index in [1.807, 2.05) is 12.1 Å². The van der Waals surface area contributed by atoms with Gasteiger partial charge in [-0.1, -0.05) is 6.92 Å². The lowest BCUT2D eigenvalue weighted by atomic mass is 10.5. The molecule has 0 spiro atoms. The van der Waals surface area contributed by atoms with Gasteiger partial charge < -0.3 is 5.01 Å².